The molecule has 0 aliphatic carbocycles. The summed E-state index contributed by atoms with van der Waals surface area (Å²) in [5.41, 5.74) is 8.41. The van der Waals surface area contributed by atoms with Crippen LogP contribution in [0.2, 0.25) is 0 Å². The van der Waals surface area contributed by atoms with E-state index in [0.717, 1.165) is 54.8 Å². The van der Waals surface area contributed by atoms with Gasteiger partial charge in [-0.15, -0.1) is 11.3 Å². The zero-order valence-corrected chi connectivity index (χ0v) is 25.9. The van der Waals surface area contributed by atoms with Crippen molar-refractivity contribution in [3.05, 3.63) is 145 Å². The third-order valence-electron chi connectivity index (χ3n) is 9.91. The molecule has 0 aliphatic rings. The van der Waals surface area contributed by atoms with E-state index in [1.807, 2.05) is 6.07 Å². The Kier molecular flexibility index (Phi) is 5.02. The Balaban J connectivity index is 1.31. The first-order chi connectivity index (χ1) is 23.3. The SMILES string of the molecule is c1ccc2c(c1)cc(-c1c3ccccc3c(-c3cccc4c3oc3cc5sccc5cc34)c3ccccc13)c1c3ccccc3oc21. The highest BCUT2D eigenvalue weighted by molar-refractivity contribution is 7.17. The van der Waals surface area contributed by atoms with E-state index in [-0.39, 0.29) is 0 Å². The van der Waals surface area contributed by atoms with Crippen molar-refractivity contribution in [1.29, 1.82) is 0 Å². The first kappa shape index (κ1) is 25.3. The fourth-order valence-corrected chi connectivity index (χ4v) is 8.72. The van der Waals surface area contributed by atoms with E-state index in [0.29, 0.717) is 0 Å². The molecule has 0 radical (unpaired) electrons. The molecule has 3 heteroatoms. The van der Waals surface area contributed by atoms with Gasteiger partial charge >= 0.3 is 0 Å². The lowest BCUT2D eigenvalue weighted by molar-refractivity contribution is 0.670. The van der Waals surface area contributed by atoms with Crippen LogP contribution in [0.5, 0.6) is 0 Å². The summed E-state index contributed by atoms with van der Waals surface area (Å²) < 4.78 is 14.6. The minimum atomic E-state index is 0.904. The van der Waals surface area contributed by atoms with Gasteiger partial charge in [-0.1, -0.05) is 109 Å². The van der Waals surface area contributed by atoms with Gasteiger partial charge in [-0.05, 0) is 79.2 Å². The maximum absolute atomic E-state index is 6.77. The highest BCUT2D eigenvalue weighted by Gasteiger charge is 2.23. The normalized spacial score (nSPS) is 12.3. The molecule has 0 spiro atoms. The van der Waals surface area contributed by atoms with E-state index in [2.05, 4.69) is 139 Å². The van der Waals surface area contributed by atoms with Crippen molar-refractivity contribution in [2.24, 2.45) is 0 Å². The highest BCUT2D eigenvalue weighted by Crippen LogP contribution is 2.50. The van der Waals surface area contributed by atoms with E-state index < -0.39 is 0 Å². The molecule has 0 saturated carbocycles. The molecule has 218 valence electrons. The fraction of sp³-hybridized carbons (Fsp3) is 0. The lowest BCUT2D eigenvalue weighted by Gasteiger charge is -2.19. The van der Waals surface area contributed by atoms with E-state index in [4.69, 9.17) is 8.83 Å². The molecule has 8 aromatic carbocycles. The third kappa shape index (κ3) is 3.44. The van der Waals surface area contributed by atoms with E-state index in [1.165, 1.54) is 53.7 Å². The molecule has 0 atom stereocenters. The van der Waals surface area contributed by atoms with Crippen LogP contribution in [0.4, 0.5) is 0 Å². The minimum absolute atomic E-state index is 0.904. The summed E-state index contributed by atoms with van der Waals surface area (Å²) >= 11 is 1.75. The quantitative estimate of drug-likeness (QED) is 0.181. The average molecular weight is 617 g/mol. The smallest absolute Gasteiger partial charge is 0.143 e. The predicted octanol–water partition coefficient (Wildman–Crippen LogP) is 13.5. The lowest BCUT2D eigenvalue weighted by Crippen LogP contribution is -1.92. The Morgan fingerprint density at radius 3 is 1.77 bits per heavy atom. The van der Waals surface area contributed by atoms with Gasteiger partial charge in [0.1, 0.15) is 22.3 Å². The van der Waals surface area contributed by atoms with Crippen LogP contribution >= 0.6 is 11.3 Å². The van der Waals surface area contributed by atoms with Gasteiger partial charge in [0.05, 0.1) is 0 Å². The topological polar surface area (TPSA) is 26.3 Å². The summed E-state index contributed by atoms with van der Waals surface area (Å²) in [7, 11) is 0. The Morgan fingerprint density at radius 1 is 0.383 bits per heavy atom. The van der Waals surface area contributed by atoms with Gasteiger partial charge in [0.25, 0.3) is 0 Å². The van der Waals surface area contributed by atoms with Gasteiger partial charge in [0.15, 0.2) is 0 Å². The molecule has 47 heavy (non-hydrogen) atoms. The van der Waals surface area contributed by atoms with Gasteiger partial charge in [0.2, 0.25) is 0 Å². The number of benzene rings is 8. The van der Waals surface area contributed by atoms with Crippen LogP contribution in [0.1, 0.15) is 0 Å². The van der Waals surface area contributed by atoms with Gasteiger partial charge in [-0.3, -0.25) is 0 Å². The maximum Gasteiger partial charge on any atom is 0.143 e. The zero-order valence-electron chi connectivity index (χ0n) is 25.1. The number of furan rings is 2. The molecule has 2 nitrogen and oxygen atoms in total. The summed E-state index contributed by atoms with van der Waals surface area (Å²) in [6.45, 7) is 0. The Bertz CT molecular complexity index is 3020. The van der Waals surface area contributed by atoms with Crippen LogP contribution < -0.4 is 0 Å². The molecule has 3 aromatic heterocycles. The summed E-state index contributed by atoms with van der Waals surface area (Å²) in [6.07, 6.45) is 0. The van der Waals surface area contributed by atoms with Crippen molar-refractivity contribution in [2.75, 3.05) is 0 Å². The number of hydrogen-bond acceptors (Lipinski definition) is 3. The van der Waals surface area contributed by atoms with E-state index in [9.17, 15) is 0 Å². The molecule has 0 bridgehead atoms. The Morgan fingerprint density at radius 2 is 1.00 bits per heavy atom. The minimum Gasteiger partial charge on any atom is -0.455 e. The summed E-state index contributed by atoms with van der Waals surface area (Å²) in [4.78, 5) is 0. The molecule has 0 aliphatic heterocycles. The van der Waals surface area contributed by atoms with Crippen LogP contribution in [0.25, 0.3) is 109 Å². The van der Waals surface area contributed by atoms with Crippen LogP contribution in [-0.4, -0.2) is 0 Å². The summed E-state index contributed by atoms with van der Waals surface area (Å²) in [5.74, 6) is 0. The second-order valence-corrected chi connectivity index (χ2v) is 13.3. The van der Waals surface area contributed by atoms with Crippen LogP contribution in [0, 0.1) is 0 Å². The zero-order chi connectivity index (χ0) is 30.6. The molecule has 0 unspecified atom stereocenters. The van der Waals surface area contributed by atoms with Crippen LogP contribution in [0.3, 0.4) is 0 Å². The average Bonchev–Trinajstić information content (AvgIpc) is 3.84. The Hall–Kier alpha value is -5.90. The molecular weight excluding hydrogens is 593 g/mol. The van der Waals surface area contributed by atoms with Gasteiger partial charge in [-0.25, -0.2) is 0 Å². The standard InChI is InChI=1S/C44H24O2S/c1-2-11-27-25(10-1)22-36(42-33-16-7-8-19-37(33)45-44(27)42)41-30-14-5-3-12-28(30)40(29-13-4-6-15-31(29)41)34-18-9-17-32-35-23-26-20-21-47-39(26)24-38(35)46-43(32)34/h1-24H. The van der Waals surface area contributed by atoms with Crippen LogP contribution in [0.15, 0.2) is 154 Å². The van der Waals surface area contributed by atoms with Crippen molar-refractivity contribution in [2.45, 2.75) is 0 Å². The molecule has 0 fully saturated rings. The van der Waals surface area contributed by atoms with E-state index >= 15 is 0 Å². The third-order valence-corrected chi connectivity index (χ3v) is 10.8. The predicted molar refractivity (Wildman–Crippen MR) is 200 cm³/mol. The number of hydrogen-bond donors (Lipinski definition) is 0. The molecule has 3 heterocycles. The van der Waals surface area contributed by atoms with Crippen molar-refractivity contribution in [3.63, 3.8) is 0 Å². The summed E-state index contributed by atoms with van der Waals surface area (Å²) in [6, 6.07) is 50.3. The van der Waals surface area contributed by atoms with Crippen molar-refractivity contribution in [3.8, 4) is 22.3 Å². The molecular formula is C44H24O2S. The maximum atomic E-state index is 6.77. The second kappa shape index (κ2) is 9.32. The van der Waals surface area contributed by atoms with Gasteiger partial charge < -0.3 is 8.83 Å². The number of thiophene rings is 1. The highest BCUT2D eigenvalue weighted by atomic mass is 32.1. The van der Waals surface area contributed by atoms with Crippen molar-refractivity contribution < 1.29 is 8.83 Å². The lowest BCUT2D eigenvalue weighted by atomic mass is 9.84. The largest absolute Gasteiger partial charge is 0.455 e. The monoisotopic (exact) mass is 616 g/mol. The summed E-state index contributed by atoms with van der Waals surface area (Å²) in [5, 5.41) is 15.1. The van der Waals surface area contributed by atoms with Crippen molar-refractivity contribution in [1.82, 2.24) is 0 Å². The van der Waals surface area contributed by atoms with Gasteiger partial charge in [0, 0.05) is 42.8 Å². The number of rotatable bonds is 2. The second-order valence-electron chi connectivity index (χ2n) is 12.4. The molecule has 0 N–H and O–H groups in total. The molecule has 0 amide bonds. The molecule has 0 saturated heterocycles. The molecule has 11 rings (SSSR count). The fourth-order valence-electron chi connectivity index (χ4n) is 7.92. The van der Waals surface area contributed by atoms with Gasteiger partial charge in [-0.2, -0.15) is 0 Å². The van der Waals surface area contributed by atoms with Crippen molar-refractivity contribution >= 4 is 97.6 Å². The Labute approximate surface area is 272 Å². The van der Waals surface area contributed by atoms with Crippen LogP contribution in [-0.2, 0) is 0 Å². The molecule has 11 aromatic rings. The van der Waals surface area contributed by atoms with E-state index in [1.54, 1.807) is 11.3 Å². The number of fused-ring (bicyclic) bond motifs is 11. The number of para-hydroxylation sites is 2. The first-order valence-electron chi connectivity index (χ1n) is 15.9. The first-order valence-corrected chi connectivity index (χ1v) is 16.8.